The van der Waals surface area contributed by atoms with Gasteiger partial charge in [-0.2, -0.15) is 11.8 Å². The van der Waals surface area contributed by atoms with Gasteiger partial charge < -0.3 is 48.1 Å². The van der Waals surface area contributed by atoms with Gasteiger partial charge in [0.15, 0.2) is 5.96 Å². The summed E-state index contributed by atoms with van der Waals surface area (Å²) in [5, 5.41) is 23.1. The normalized spacial score (nSPS) is 22.0. The molecule has 1 aliphatic heterocycles. The Morgan fingerprint density at radius 2 is 1.34 bits per heavy atom. The van der Waals surface area contributed by atoms with Crippen molar-refractivity contribution < 1.29 is 38.7 Å². The molecular formula is C43H76N10O8S. The smallest absolute Gasteiger partial charge is 0.303 e. The first kappa shape index (κ1) is 55.5. The van der Waals surface area contributed by atoms with E-state index in [4.69, 9.17) is 11.5 Å². The molecule has 2 rings (SSSR count). The molecule has 1 aromatic heterocycles. The molecule has 19 heteroatoms. The molecule has 11 N–H and O–H groups in total. The minimum atomic E-state index is -1.43. The Hall–Kier alpha value is -4.52. The summed E-state index contributed by atoms with van der Waals surface area (Å²) in [4.78, 5) is 103. The first-order valence-corrected chi connectivity index (χ1v) is 23.9. The zero-order chi connectivity index (χ0) is 46.1. The molecule has 0 spiro atoms. The second kappa shape index (κ2) is 34.0. The van der Waals surface area contributed by atoms with Gasteiger partial charge in [-0.3, -0.25) is 38.6 Å². The average Bonchev–Trinajstić information content (AvgIpc) is 3.76. The molecule has 1 aliphatic rings. The zero-order valence-electron chi connectivity index (χ0n) is 37.6. The summed E-state index contributed by atoms with van der Waals surface area (Å²) in [6.45, 7) is 6.75. The lowest BCUT2D eigenvalue weighted by atomic mass is 10.0. The number of guanidine groups is 1. The van der Waals surface area contributed by atoms with Crippen molar-refractivity contribution in [2.24, 2.45) is 16.5 Å². The molecule has 0 bridgehead atoms. The molecule has 2 heterocycles. The van der Waals surface area contributed by atoms with Crippen molar-refractivity contribution in [3.63, 3.8) is 0 Å². The van der Waals surface area contributed by atoms with Gasteiger partial charge in [-0.1, -0.05) is 84.5 Å². The summed E-state index contributed by atoms with van der Waals surface area (Å²) in [5.74, 6) is -5.14. The van der Waals surface area contributed by atoms with E-state index in [0.717, 1.165) is 38.5 Å². The van der Waals surface area contributed by atoms with Crippen LogP contribution in [0.4, 0.5) is 0 Å². The molecule has 1 saturated heterocycles. The van der Waals surface area contributed by atoms with Gasteiger partial charge in [0.2, 0.25) is 35.2 Å². The Bertz CT molecular complexity index is 1500. The Labute approximate surface area is 372 Å². The van der Waals surface area contributed by atoms with E-state index in [2.05, 4.69) is 55.4 Å². The zero-order valence-corrected chi connectivity index (χ0v) is 38.4. The number of rotatable bonds is 17. The fraction of sp³-hybridized carbons (Fsp3) is 0.744. The highest BCUT2D eigenvalue weighted by Gasteiger charge is 2.34. The molecule has 0 radical (unpaired) electrons. The van der Waals surface area contributed by atoms with E-state index in [1.807, 2.05) is 6.26 Å². The highest BCUT2D eigenvalue weighted by molar-refractivity contribution is 7.98. The molecule has 1 aromatic rings. The van der Waals surface area contributed by atoms with Crippen molar-refractivity contribution in [1.29, 1.82) is 0 Å². The Kier molecular flexibility index (Phi) is 30.5. The number of carbonyl (C=O) groups is 7. The number of ketones is 2. The molecule has 18 nitrogen and oxygen atoms in total. The predicted molar refractivity (Wildman–Crippen MR) is 243 cm³/mol. The fourth-order valence-corrected chi connectivity index (χ4v) is 7.14. The molecule has 1 fully saturated rings. The van der Waals surface area contributed by atoms with Gasteiger partial charge in [-0.25, -0.2) is 4.98 Å². The van der Waals surface area contributed by atoms with Crippen LogP contribution in [-0.4, -0.2) is 118 Å². The largest absolute Gasteiger partial charge is 0.481 e. The van der Waals surface area contributed by atoms with E-state index < -0.39 is 71.9 Å². The Morgan fingerprint density at radius 1 is 0.758 bits per heavy atom. The first-order chi connectivity index (χ1) is 29.7. The van der Waals surface area contributed by atoms with Gasteiger partial charge in [0.25, 0.3) is 0 Å². The summed E-state index contributed by atoms with van der Waals surface area (Å²) in [5.41, 5.74) is 11.4. The molecule has 0 saturated carbocycles. The quantitative estimate of drug-likeness (QED) is 0.0471. The molecule has 3 unspecified atom stereocenters. The van der Waals surface area contributed by atoms with Crippen LogP contribution in [0.1, 0.15) is 148 Å². The number of aliphatic imine (C=N–C) groups is 1. The lowest BCUT2D eigenvalue weighted by Gasteiger charge is -2.26. The highest BCUT2D eigenvalue weighted by atomic mass is 32.2. The summed E-state index contributed by atoms with van der Waals surface area (Å²) in [6.07, 6.45) is 18.9. The molecule has 4 amide bonds. The van der Waals surface area contributed by atoms with Gasteiger partial charge in [0.1, 0.15) is 18.1 Å². The number of H-pyrrole nitrogens is 1. The van der Waals surface area contributed by atoms with Gasteiger partial charge in [0, 0.05) is 37.7 Å². The second-order valence-electron chi connectivity index (χ2n) is 15.8. The van der Waals surface area contributed by atoms with E-state index in [0.29, 0.717) is 24.4 Å². The van der Waals surface area contributed by atoms with Crippen LogP contribution in [0.3, 0.4) is 0 Å². The highest BCUT2D eigenvalue weighted by Crippen LogP contribution is 2.12. The SMILES string of the molecule is CCCCCCCC.CSCCC1NC(=O)[C@H](CCCN=C(N)N)NC(=O)C(CCC(=O)O)NC(=O)[C@H](Cc2cnc[nH]2)NC(=O)CCCCCCCCCNC(C)C(=O)C1=O. The van der Waals surface area contributed by atoms with Crippen LogP contribution in [0.25, 0.3) is 0 Å². The number of aromatic nitrogens is 2. The number of thioether (sulfide) groups is 1. The molecular weight excluding hydrogens is 817 g/mol. The number of carbonyl (C=O) groups excluding carboxylic acids is 6. The third-order valence-electron chi connectivity index (χ3n) is 10.4. The number of nitrogens with zero attached hydrogens (tertiary/aromatic N) is 2. The van der Waals surface area contributed by atoms with Crippen molar-refractivity contribution in [3.8, 4) is 0 Å². The maximum Gasteiger partial charge on any atom is 0.303 e. The first-order valence-electron chi connectivity index (χ1n) is 22.5. The van der Waals surface area contributed by atoms with Gasteiger partial charge in [0.05, 0.1) is 18.4 Å². The van der Waals surface area contributed by atoms with E-state index in [9.17, 15) is 38.7 Å². The third kappa shape index (κ3) is 25.4. The molecule has 0 aliphatic carbocycles. The van der Waals surface area contributed by atoms with Crippen molar-refractivity contribution in [2.75, 3.05) is 25.1 Å². The minimum absolute atomic E-state index is 0.0121. The van der Waals surface area contributed by atoms with Crippen molar-refractivity contribution in [3.05, 3.63) is 18.2 Å². The van der Waals surface area contributed by atoms with Crippen LogP contribution in [0.5, 0.6) is 0 Å². The van der Waals surface area contributed by atoms with Crippen molar-refractivity contribution in [2.45, 2.75) is 179 Å². The van der Waals surface area contributed by atoms with E-state index in [1.165, 1.54) is 62.8 Å². The number of amides is 4. The van der Waals surface area contributed by atoms with Crippen LogP contribution in [0, 0.1) is 0 Å². The maximum atomic E-state index is 13.8. The topological polar surface area (TPSA) is 293 Å². The summed E-state index contributed by atoms with van der Waals surface area (Å²) >= 11 is 1.43. The Morgan fingerprint density at radius 3 is 1.90 bits per heavy atom. The van der Waals surface area contributed by atoms with E-state index in [-0.39, 0.29) is 56.9 Å². The molecule has 62 heavy (non-hydrogen) atoms. The van der Waals surface area contributed by atoms with Gasteiger partial charge >= 0.3 is 5.97 Å². The fourth-order valence-electron chi connectivity index (χ4n) is 6.67. The number of unbranched alkanes of at least 4 members (excludes halogenated alkanes) is 5. The number of aliphatic carboxylic acids is 1. The monoisotopic (exact) mass is 893 g/mol. The average molecular weight is 893 g/mol. The number of Topliss-reactive ketones (excluding diaryl/α,β-unsaturated/α-hetero) is 2. The number of hydrogen-bond donors (Lipinski definition) is 9. The Balaban J connectivity index is 0.00000217. The number of imidazole rings is 1. The van der Waals surface area contributed by atoms with E-state index in [1.54, 1.807) is 6.92 Å². The number of hydrogen-bond acceptors (Lipinski definition) is 11. The maximum absolute atomic E-state index is 13.8. The summed E-state index contributed by atoms with van der Waals surface area (Å²) in [7, 11) is 0. The molecule has 352 valence electrons. The molecule has 5 atom stereocenters. The van der Waals surface area contributed by atoms with Crippen molar-refractivity contribution >= 4 is 58.9 Å². The van der Waals surface area contributed by atoms with Crippen LogP contribution < -0.4 is 38.1 Å². The number of carboxylic acids is 1. The van der Waals surface area contributed by atoms with Gasteiger partial charge in [-0.05, 0) is 64.0 Å². The van der Waals surface area contributed by atoms with Crippen LogP contribution in [0.2, 0.25) is 0 Å². The number of nitrogens with two attached hydrogens (primary N) is 2. The third-order valence-corrected chi connectivity index (χ3v) is 11.0. The van der Waals surface area contributed by atoms with Crippen molar-refractivity contribution in [1.82, 2.24) is 36.6 Å². The summed E-state index contributed by atoms with van der Waals surface area (Å²) < 4.78 is 0. The standard InChI is InChI=1S/C35H58N10O8S.C8H18/c1-22-30(49)31(50)24(15-18-54-2)43-32(51)25(11-10-17-40-35(36)37)44-33(52)26(13-14-29(47)48)45-34(53)27(19-23-20-38-21-41-23)42-28(46)12-8-6-4-3-5-7-9-16-39-22;1-3-5-7-8-6-4-2/h20-22,24-27,39H,3-19H2,1-2H3,(H,38,41)(H,42,46)(H,43,51)(H,44,52)(H,45,53)(H,47,48)(H4,36,37,40);3-8H2,1-2H3/t22?,24?,25-,26?,27-;/m0./s1. The van der Waals surface area contributed by atoms with Crippen LogP contribution >= 0.6 is 11.8 Å². The molecule has 0 aromatic carbocycles. The van der Waals surface area contributed by atoms with E-state index >= 15 is 0 Å². The number of aromatic amines is 1. The summed E-state index contributed by atoms with van der Waals surface area (Å²) in [6, 6.07) is -5.82. The number of nitrogens with one attached hydrogen (secondary N) is 6. The second-order valence-corrected chi connectivity index (χ2v) is 16.8. The van der Waals surface area contributed by atoms with Crippen LogP contribution in [0.15, 0.2) is 17.5 Å². The minimum Gasteiger partial charge on any atom is -0.481 e. The van der Waals surface area contributed by atoms with Crippen LogP contribution in [-0.2, 0) is 40.0 Å². The lowest BCUT2D eigenvalue weighted by Crippen LogP contribution is -2.58. The number of carboxylic acid groups (broad SMARTS) is 1. The van der Waals surface area contributed by atoms with Gasteiger partial charge in [-0.15, -0.1) is 0 Å². The lowest BCUT2D eigenvalue weighted by molar-refractivity contribution is -0.140. The predicted octanol–water partition coefficient (Wildman–Crippen LogP) is 3.18.